The number of rotatable bonds is 6. The van der Waals surface area contributed by atoms with E-state index in [-0.39, 0.29) is 11.3 Å². The summed E-state index contributed by atoms with van der Waals surface area (Å²) in [4.78, 5) is 27.0. The second-order valence-corrected chi connectivity index (χ2v) is 7.06. The van der Waals surface area contributed by atoms with E-state index in [0.29, 0.717) is 22.9 Å². The lowest BCUT2D eigenvalue weighted by atomic mass is 9.95. The molecule has 146 valence electrons. The highest BCUT2D eigenvalue weighted by Gasteiger charge is 2.45. The predicted molar refractivity (Wildman–Crippen MR) is 108 cm³/mol. The van der Waals surface area contributed by atoms with Crippen molar-refractivity contribution >= 4 is 29.1 Å². The minimum absolute atomic E-state index is 0.0913. The normalized spacial score (nSPS) is 18.5. The zero-order valence-electron chi connectivity index (χ0n) is 15.8. The Bertz CT molecular complexity index is 903. The standard InChI is InChI=1S/C22H22ClNO4/c1-3-4-13-24-19(14-7-11-17(28-2)12-8-14)18(21(26)22(24)27)20(25)15-5-9-16(23)10-6-15/h5-12,19,25H,3-4,13H2,1-2H3/b20-18+. The number of hydrogen-bond acceptors (Lipinski definition) is 4. The molecule has 1 aliphatic rings. The maximum atomic E-state index is 12.8. The van der Waals surface area contributed by atoms with Crippen LogP contribution in [0.15, 0.2) is 54.1 Å². The fraction of sp³-hybridized carbons (Fsp3) is 0.273. The Labute approximate surface area is 169 Å². The van der Waals surface area contributed by atoms with Gasteiger partial charge in [-0.15, -0.1) is 0 Å². The van der Waals surface area contributed by atoms with Crippen molar-refractivity contribution < 1.29 is 19.4 Å². The molecule has 1 N–H and O–H groups in total. The lowest BCUT2D eigenvalue weighted by molar-refractivity contribution is -0.139. The molecule has 1 atom stereocenters. The first kappa shape index (κ1) is 20.0. The molecule has 3 rings (SSSR count). The van der Waals surface area contributed by atoms with E-state index >= 15 is 0 Å². The van der Waals surface area contributed by atoms with Crippen LogP contribution in [0.3, 0.4) is 0 Å². The number of Topliss-reactive ketones (excluding diaryl/α,β-unsaturated/α-hetero) is 1. The molecule has 1 unspecified atom stereocenters. The summed E-state index contributed by atoms with van der Waals surface area (Å²) in [6, 6.07) is 13.0. The van der Waals surface area contributed by atoms with Crippen molar-refractivity contribution in [1.29, 1.82) is 0 Å². The van der Waals surface area contributed by atoms with Crippen LogP contribution in [0.4, 0.5) is 0 Å². The molecule has 1 aliphatic heterocycles. The van der Waals surface area contributed by atoms with Crippen LogP contribution in [0, 0.1) is 0 Å². The van der Waals surface area contributed by atoms with Gasteiger partial charge in [0.2, 0.25) is 0 Å². The minimum Gasteiger partial charge on any atom is -0.507 e. The number of aliphatic hydroxyl groups is 1. The van der Waals surface area contributed by atoms with Gasteiger partial charge in [0, 0.05) is 17.1 Å². The van der Waals surface area contributed by atoms with Gasteiger partial charge in [0.05, 0.1) is 18.7 Å². The lowest BCUT2D eigenvalue weighted by Crippen LogP contribution is -2.30. The molecule has 0 aliphatic carbocycles. The molecule has 0 spiro atoms. The number of amides is 1. The van der Waals surface area contributed by atoms with Crippen LogP contribution < -0.4 is 4.74 Å². The van der Waals surface area contributed by atoms with Crippen LogP contribution in [0.2, 0.25) is 5.02 Å². The fourth-order valence-corrected chi connectivity index (χ4v) is 3.46. The first-order chi connectivity index (χ1) is 13.5. The topological polar surface area (TPSA) is 66.8 Å². The smallest absolute Gasteiger partial charge is 0.295 e. The monoisotopic (exact) mass is 399 g/mol. The van der Waals surface area contributed by atoms with E-state index in [2.05, 4.69) is 0 Å². The van der Waals surface area contributed by atoms with E-state index in [1.54, 1.807) is 43.5 Å². The predicted octanol–water partition coefficient (Wildman–Crippen LogP) is 4.57. The molecule has 0 aromatic heterocycles. The molecule has 6 heteroatoms. The van der Waals surface area contributed by atoms with Crippen LogP contribution in [0.1, 0.15) is 36.9 Å². The molecule has 1 amide bonds. The van der Waals surface area contributed by atoms with Gasteiger partial charge < -0.3 is 14.7 Å². The number of halogens is 1. The third-order valence-electron chi connectivity index (χ3n) is 4.84. The highest BCUT2D eigenvalue weighted by Crippen LogP contribution is 2.40. The van der Waals surface area contributed by atoms with Crippen molar-refractivity contribution in [2.24, 2.45) is 0 Å². The van der Waals surface area contributed by atoms with E-state index in [4.69, 9.17) is 16.3 Å². The van der Waals surface area contributed by atoms with E-state index in [0.717, 1.165) is 18.4 Å². The summed E-state index contributed by atoms with van der Waals surface area (Å²) >= 11 is 5.92. The summed E-state index contributed by atoms with van der Waals surface area (Å²) in [6.45, 7) is 2.46. The average Bonchev–Trinajstić information content (AvgIpc) is 2.97. The summed E-state index contributed by atoms with van der Waals surface area (Å²) in [6.07, 6.45) is 1.65. The van der Waals surface area contributed by atoms with Crippen molar-refractivity contribution in [1.82, 2.24) is 4.90 Å². The molecule has 1 heterocycles. The Morgan fingerprint density at radius 2 is 1.75 bits per heavy atom. The summed E-state index contributed by atoms with van der Waals surface area (Å²) in [5.41, 5.74) is 1.27. The first-order valence-electron chi connectivity index (χ1n) is 9.16. The van der Waals surface area contributed by atoms with E-state index < -0.39 is 17.7 Å². The van der Waals surface area contributed by atoms with Crippen molar-refractivity contribution in [3.8, 4) is 5.75 Å². The number of nitrogens with zero attached hydrogens (tertiary/aromatic N) is 1. The van der Waals surface area contributed by atoms with Crippen LogP contribution in [-0.4, -0.2) is 35.4 Å². The van der Waals surface area contributed by atoms with Gasteiger partial charge in [-0.05, 0) is 48.4 Å². The van der Waals surface area contributed by atoms with Gasteiger partial charge in [-0.25, -0.2) is 0 Å². The van der Waals surface area contributed by atoms with Gasteiger partial charge in [0.1, 0.15) is 11.5 Å². The zero-order chi connectivity index (χ0) is 20.3. The quantitative estimate of drug-likeness (QED) is 0.439. The van der Waals surface area contributed by atoms with Crippen molar-refractivity contribution in [3.63, 3.8) is 0 Å². The molecule has 0 bridgehead atoms. The molecular formula is C22H22ClNO4. The lowest BCUT2D eigenvalue weighted by Gasteiger charge is -2.25. The number of unbranched alkanes of at least 4 members (excludes halogenated alkanes) is 1. The minimum atomic E-state index is -0.677. The average molecular weight is 400 g/mol. The second kappa shape index (κ2) is 8.48. The molecule has 1 saturated heterocycles. The molecule has 2 aromatic rings. The highest BCUT2D eigenvalue weighted by atomic mass is 35.5. The number of carbonyl (C=O) groups is 2. The SMILES string of the molecule is CCCCN1C(=O)C(=O)/C(=C(/O)c2ccc(Cl)cc2)C1c1ccc(OC)cc1. The Morgan fingerprint density at radius 3 is 2.32 bits per heavy atom. The summed E-state index contributed by atoms with van der Waals surface area (Å²) < 4.78 is 5.20. The fourth-order valence-electron chi connectivity index (χ4n) is 3.34. The van der Waals surface area contributed by atoms with Gasteiger partial charge in [-0.3, -0.25) is 9.59 Å². The summed E-state index contributed by atoms with van der Waals surface area (Å²) in [5.74, 6) is -0.795. The van der Waals surface area contributed by atoms with Crippen LogP contribution in [0.5, 0.6) is 5.75 Å². The van der Waals surface area contributed by atoms with Gasteiger partial charge >= 0.3 is 0 Å². The summed E-state index contributed by atoms with van der Waals surface area (Å²) in [7, 11) is 1.57. The highest BCUT2D eigenvalue weighted by molar-refractivity contribution is 6.46. The molecule has 5 nitrogen and oxygen atoms in total. The number of benzene rings is 2. The number of hydrogen-bond donors (Lipinski definition) is 1. The number of aliphatic hydroxyl groups excluding tert-OH is 1. The van der Waals surface area contributed by atoms with E-state index in [9.17, 15) is 14.7 Å². The van der Waals surface area contributed by atoms with Gasteiger partial charge in [0.15, 0.2) is 0 Å². The van der Waals surface area contributed by atoms with Crippen molar-refractivity contribution in [3.05, 3.63) is 70.3 Å². The Kier molecular flexibility index (Phi) is 6.05. The van der Waals surface area contributed by atoms with Crippen LogP contribution in [-0.2, 0) is 9.59 Å². The zero-order valence-corrected chi connectivity index (χ0v) is 16.6. The molecule has 2 aromatic carbocycles. The Hall–Kier alpha value is -2.79. The number of ketones is 1. The second-order valence-electron chi connectivity index (χ2n) is 6.63. The molecule has 0 radical (unpaired) electrons. The number of likely N-dealkylation sites (tertiary alicyclic amines) is 1. The molecular weight excluding hydrogens is 378 g/mol. The van der Waals surface area contributed by atoms with Crippen LogP contribution >= 0.6 is 11.6 Å². The van der Waals surface area contributed by atoms with Crippen molar-refractivity contribution in [2.45, 2.75) is 25.8 Å². The first-order valence-corrected chi connectivity index (χ1v) is 9.54. The largest absolute Gasteiger partial charge is 0.507 e. The maximum absolute atomic E-state index is 12.8. The van der Waals surface area contributed by atoms with Gasteiger partial charge in [-0.1, -0.05) is 37.1 Å². The molecule has 28 heavy (non-hydrogen) atoms. The van der Waals surface area contributed by atoms with Gasteiger partial charge in [-0.2, -0.15) is 0 Å². The van der Waals surface area contributed by atoms with Crippen LogP contribution in [0.25, 0.3) is 5.76 Å². The number of methoxy groups -OCH3 is 1. The van der Waals surface area contributed by atoms with Gasteiger partial charge in [0.25, 0.3) is 11.7 Å². The molecule has 1 fully saturated rings. The maximum Gasteiger partial charge on any atom is 0.295 e. The third-order valence-corrected chi connectivity index (χ3v) is 5.09. The third kappa shape index (κ3) is 3.76. The van der Waals surface area contributed by atoms with Crippen molar-refractivity contribution in [2.75, 3.05) is 13.7 Å². The summed E-state index contributed by atoms with van der Waals surface area (Å²) in [5, 5.41) is 11.4. The Morgan fingerprint density at radius 1 is 1.11 bits per heavy atom. The number of carbonyl (C=O) groups excluding carboxylic acids is 2. The molecule has 0 saturated carbocycles. The number of ether oxygens (including phenoxy) is 1. The van der Waals surface area contributed by atoms with E-state index in [1.807, 2.05) is 19.1 Å². The Balaban J connectivity index is 2.13. The van der Waals surface area contributed by atoms with E-state index in [1.165, 1.54) is 4.90 Å².